The minimum atomic E-state index is -0.388. The molecule has 0 radical (unpaired) electrons. The third-order valence-electron chi connectivity index (χ3n) is 4.68. The van der Waals surface area contributed by atoms with Crippen LogP contribution in [0.2, 0.25) is 0 Å². The molecule has 0 fully saturated rings. The number of amides is 1. The van der Waals surface area contributed by atoms with Gasteiger partial charge in [0.15, 0.2) is 10.7 Å². The molecule has 0 aliphatic rings. The minimum absolute atomic E-state index is 0.143. The number of benzene rings is 3. The lowest BCUT2D eigenvalue weighted by Gasteiger charge is -2.12. The van der Waals surface area contributed by atoms with Crippen molar-refractivity contribution in [1.82, 2.24) is 10.3 Å². The number of methoxy groups -OCH3 is 2. The van der Waals surface area contributed by atoms with Gasteiger partial charge >= 0.3 is 0 Å². The van der Waals surface area contributed by atoms with Crippen LogP contribution in [0.1, 0.15) is 10.4 Å². The first-order valence-electron chi connectivity index (χ1n) is 9.58. The molecular weight excluding hydrogens is 574 g/mol. The van der Waals surface area contributed by atoms with Gasteiger partial charge in [-0.25, -0.2) is 4.98 Å². The Balaban J connectivity index is 1.50. The van der Waals surface area contributed by atoms with Crippen LogP contribution in [0.15, 0.2) is 68.0 Å². The molecule has 0 bridgehead atoms. The summed E-state index contributed by atoms with van der Waals surface area (Å²) in [6, 6.07) is 16.1. The summed E-state index contributed by atoms with van der Waals surface area (Å²) in [6.45, 7) is 0. The van der Waals surface area contributed by atoms with E-state index < -0.39 is 0 Å². The predicted octanol–water partition coefficient (Wildman–Crippen LogP) is 6.16. The van der Waals surface area contributed by atoms with E-state index in [-0.39, 0.29) is 11.0 Å². The summed E-state index contributed by atoms with van der Waals surface area (Å²) in [6.07, 6.45) is 0. The SMILES string of the molecule is COc1ccc(-c2nc3cc(NC(=S)NC(=O)c4cc(Br)ccc4OC)ccc3o2)cc1Br. The van der Waals surface area contributed by atoms with Crippen LogP contribution in [0.4, 0.5) is 5.69 Å². The van der Waals surface area contributed by atoms with Gasteiger partial charge in [-0.1, -0.05) is 15.9 Å². The molecule has 2 N–H and O–H groups in total. The summed E-state index contributed by atoms with van der Waals surface area (Å²) in [4.78, 5) is 17.2. The highest BCUT2D eigenvalue weighted by Crippen LogP contribution is 2.32. The van der Waals surface area contributed by atoms with Crippen LogP contribution in [0.25, 0.3) is 22.6 Å². The lowest BCUT2D eigenvalue weighted by atomic mass is 10.2. The Morgan fingerprint density at radius 3 is 2.48 bits per heavy atom. The zero-order chi connectivity index (χ0) is 23.5. The number of ether oxygens (including phenoxy) is 2. The summed E-state index contributed by atoms with van der Waals surface area (Å²) in [7, 11) is 3.11. The quantitative estimate of drug-likeness (QED) is 0.269. The molecule has 4 aromatic rings. The van der Waals surface area contributed by atoms with Gasteiger partial charge in [-0.3, -0.25) is 10.1 Å². The maximum Gasteiger partial charge on any atom is 0.261 e. The van der Waals surface area contributed by atoms with E-state index in [1.807, 2.05) is 18.2 Å². The maximum atomic E-state index is 12.6. The predicted molar refractivity (Wildman–Crippen MR) is 138 cm³/mol. The number of anilines is 1. The molecule has 0 saturated heterocycles. The summed E-state index contributed by atoms with van der Waals surface area (Å²) >= 11 is 12.1. The Labute approximate surface area is 211 Å². The molecule has 1 heterocycles. The fourth-order valence-corrected chi connectivity index (χ4v) is 4.23. The van der Waals surface area contributed by atoms with Gasteiger partial charge in [0.05, 0.1) is 24.3 Å². The highest BCUT2D eigenvalue weighted by atomic mass is 79.9. The van der Waals surface area contributed by atoms with E-state index in [4.69, 9.17) is 26.1 Å². The normalized spacial score (nSPS) is 10.7. The molecule has 0 aliphatic carbocycles. The Morgan fingerprint density at radius 1 is 1.00 bits per heavy atom. The number of carbonyl (C=O) groups is 1. The number of oxazole rings is 1. The highest BCUT2D eigenvalue weighted by Gasteiger charge is 2.15. The number of halogens is 2. The van der Waals surface area contributed by atoms with Crippen molar-refractivity contribution in [1.29, 1.82) is 0 Å². The number of rotatable bonds is 5. The fraction of sp³-hybridized carbons (Fsp3) is 0.0870. The van der Waals surface area contributed by atoms with Crippen molar-refractivity contribution in [3.8, 4) is 23.0 Å². The van der Waals surface area contributed by atoms with Crippen LogP contribution in [-0.4, -0.2) is 30.2 Å². The number of fused-ring (bicyclic) bond motifs is 1. The third-order valence-corrected chi connectivity index (χ3v) is 5.99. The van der Waals surface area contributed by atoms with Gasteiger partial charge < -0.3 is 19.2 Å². The number of aromatic nitrogens is 1. The van der Waals surface area contributed by atoms with E-state index in [1.165, 1.54) is 7.11 Å². The molecule has 0 aliphatic heterocycles. The number of nitrogens with one attached hydrogen (secondary N) is 2. The topological polar surface area (TPSA) is 85.6 Å². The Morgan fingerprint density at radius 2 is 1.76 bits per heavy atom. The van der Waals surface area contributed by atoms with E-state index in [9.17, 15) is 4.79 Å². The molecule has 1 amide bonds. The molecular formula is C23H17Br2N3O4S. The van der Waals surface area contributed by atoms with Gasteiger partial charge in [0, 0.05) is 15.7 Å². The third kappa shape index (κ3) is 5.18. The monoisotopic (exact) mass is 589 g/mol. The number of carbonyl (C=O) groups excluding carboxylic acids is 1. The second-order valence-corrected chi connectivity index (χ2v) is 8.98. The zero-order valence-corrected chi connectivity index (χ0v) is 21.4. The van der Waals surface area contributed by atoms with Gasteiger partial charge in [0.2, 0.25) is 5.89 Å². The van der Waals surface area contributed by atoms with Crippen molar-refractivity contribution in [3.05, 3.63) is 69.1 Å². The van der Waals surface area contributed by atoms with Gasteiger partial charge in [0.25, 0.3) is 5.91 Å². The maximum absolute atomic E-state index is 12.6. The lowest BCUT2D eigenvalue weighted by Crippen LogP contribution is -2.34. The van der Waals surface area contributed by atoms with Crippen molar-refractivity contribution < 1.29 is 18.7 Å². The van der Waals surface area contributed by atoms with Gasteiger partial charge in [-0.2, -0.15) is 0 Å². The molecule has 33 heavy (non-hydrogen) atoms. The molecule has 0 saturated carbocycles. The van der Waals surface area contributed by atoms with Gasteiger partial charge in [0.1, 0.15) is 17.0 Å². The first-order chi connectivity index (χ1) is 15.9. The first-order valence-corrected chi connectivity index (χ1v) is 11.6. The molecule has 0 spiro atoms. The highest BCUT2D eigenvalue weighted by molar-refractivity contribution is 9.10. The largest absolute Gasteiger partial charge is 0.496 e. The lowest BCUT2D eigenvalue weighted by molar-refractivity contribution is 0.0974. The zero-order valence-electron chi connectivity index (χ0n) is 17.4. The first kappa shape index (κ1) is 23.2. The minimum Gasteiger partial charge on any atom is -0.496 e. The molecule has 1 aromatic heterocycles. The van der Waals surface area contributed by atoms with Crippen molar-refractivity contribution in [2.75, 3.05) is 19.5 Å². The molecule has 7 nitrogen and oxygen atoms in total. The fourth-order valence-electron chi connectivity index (χ4n) is 3.12. The number of nitrogens with zero attached hydrogens (tertiary/aromatic N) is 1. The van der Waals surface area contributed by atoms with Crippen molar-refractivity contribution in [3.63, 3.8) is 0 Å². The van der Waals surface area contributed by atoms with E-state index in [2.05, 4.69) is 47.5 Å². The van der Waals surface area contributed by atoms with E-state index >= 15 is 0 Å². The summed E-state index contributed by atoms with van der Waals surface area (Å²) in [5, 5.41) is 5.81. The van der Waals surface area contributed by atoms with Crippen molar-refractivity contribution in [2.45, 2.75) is 0 Å². The standard InChI is InChI=1S/C23H17Br2N3O4S/c1-30-18-7-4-13(24)10-15(18)21(29)28-23(33)26-14-5-8-20-17(11-14)27-22(32-20)12-3-6-19(31-2)16(25)9-12/h3-11H,1-2H3,(H2,26,28,29,33). The van der Waals surface area contributed by atoms with E-state index in [0.29, 0.717) is 34.0 Å². The molecule has 168 valence electrons. The summed E-state index contributed by atoms with van der Waals surface area (Å²) in [5.41, 5.74) is 3.09. The average molecular weight is 591 g/mol. The van der Waals surface area contributed by atoms with Crippen LogP contribution < -0.4 is 20.1 Å². The molecule has 0 unspecified atom stereocenters. The van der Waals surface area contributed by atoms with Crippen LogP contribution in [0.5, 0.6) is 11.5 Å². The molecule has 3 aromatic carbocycles. The van der Waals surface area contributed by atoms with Crippen LogP contribution in [0, 0.1) is 0 Å². The smallest absolute Gasteiger partial charge is 0.261 e. The van der Waals surface area contributed by atoms with Crippen molar-refractivity contribution in [2.24, 2.45) is 0 Å². The second kappa shape index (κ2) is 9.90. The molecule has 0 atom stereocenters. The van der Waals surface area contributed by atoms with Gasteiger partial charge in [-0.05, 0) is 82.7 Å². The second-order valence-electron chi connectivity index (χ2n) is 6.80. The number of thiocarbonyl (C=S) groups is 1. The summed E-state index contributed by atoms with van der Waals surface area (Å²) < 4.78 is 18.0. The molecule has 10 heteroatoms. The van der Waals surface area contributed by atoms with Crippen LogP contribution in [-0.2, 0) is 0 Å². The van der Waals surface area contributed by atoms with E-state index in [0.717, 1.165) is 20.3 Å². The van der Waals surface area contributed by atoms with Crippen LogP contribution in [0.3, 0.4) is 0 Å². The Kier molecular flexibility index (Phi) is 6.96. The average Bonchev–Trinajstić information content (AvgIpc) is 3.22. The summed E-state index contributed by atoms with van der Waals surface area (Å²) in [5.74, 6) is 1.25. The Hall–Kier alpha value is -2.95. The number of hydrogen-bond donors (Lipinski definition) is 2. The molecule has 4 rings (SSSR count). The number of hydrogen-bond acceptors (Lipinski definition) is 6. The van der Waals surface area contributed by atoms with Crippen LogP contribution >= 0.6 is 44.1 Å². The van der Waals surface area contributed by atoms with E-state index in [1.54, 1.807) is 43.5 Å². The van der Waals surface area contributed by atoms with Gasteiger partial charge in [-0.15, -0.1) is 0 Å². The van der Waals surface area contributed by atoms with Crippen molar-refractivity contribution >= 4 is 71.9 Å². The Bertz CT molecular complexity index is 1370.